The molecule has 1 N–H and O–H groups in total. The van der Waals surface area contributed by atoms with E-state index in [-0.39, 0.29) is 0 Å². The molecule has 0 aliphatic heterocycles. The van der Waals surface area contributed by atoms with Gasteiger partial charge in [-0.05, 0) is 55.8 Å². The number of hydrogen-bond acceptors (Lipinski definition) is 2. The molecule has 0 fully saturated rings. The molecule has 1 unspecified atom stereocenters. The average Bonchev–Trinajstić information content (AvgIpc) is 2.42. The van der Waals surface area contributed by atoms with Crippen molar-refractivity contribution in [2.45, 2.75) is 52.5 Å². The molecule has 0 aliphatic rings. The van der Waals surface area contributed by atoms with E-state index >= 15 is 0 Å². The Morgan fingerprint density at radius 1 is 1.11 bits per heavy atom. The van der Waals surface area contributed by atoms with Crippen molar-refractivity contribution in [1.29, 1.82) is 0 Å². The van der Waals surface area contributed by atoms with E-state index in [9.17, 15) is 0 Å². The predicted octanol–water partition coefficient (Wildman–Crippen LogP) is 4.04. The molecule has 108 valence electrons. The summed E-state index contributed by atoms with van der Waals surface area (Å²) in [4.78, 5) is 0. The fraction of sp³-hybridized carbons (Fsp3) is 0.647. The molecule has 1 rings (SSSR count). The third-order valence-corrected chi connectivity index (χ3v) is 3.42. The molecular formula is C17H29NO. The van der Waals surface area contributed by atoms with Crippen LogP contribution in [0.3, 0.4) is 0 Å². The number of hydrogen-bond donors (Lipinski definition) is 1. The Morgan fingerprint density at radius 3 is 2.32 bits per heavy atom. The van der Waals surface area contributed by atoms with Gasteiger partial charge in [0.1, 0.15) is 5.75 Å². The molecule has 0 spiro atoms. The summed E-state index contributed by atoms with van der Waals surface area (Å²) in [7, 11) is 1.71. The Balaban J connectivity index is 2.53. The maximum absolute atomic E-state index is 5.20. The van der Waals surface area contributed by atoms with Gasteiger partial charge in [-0.15, -0.1) is 0 Å². The summed E-state index contributed by atoms with van der Waals surface area (Å²) in [6.45, 7) is 7.92. The lowest BCUT2D eigenvalue weighted by Crippen LogP contribution is -2.32. The Hall–Kier alpha value is -1.02. The zero-order chi connectivity index (χ0) is 14.1. The van der Waals surface area contributed by atoms with Crippen molar-refractivity contribution in [1.82, 2.24) is 5.32 Å². The van der Waals surface area contributed by atoms with Gasteiger partial charge in [0, 0.05) is 6.04 Å². The summed E-state index contributed by atoms with van der Waals surface area (Å²) in [5, 5.41) is 3.67. The Bertz CT molecular complexity index is 332. The maximum atomic E-state index is 5.20. The second-order valence-electron chi connectivity index (χ2n) is 5.67. The standard InChI is InChI=1S/C17H29NO/c1-5-12-18-16(9-6-14(2)3)13-15-7-10-17(19-4)11-8-15/h7-8,10-11,14,16,18H,5-6,9,12-13H2,1-4H3. The van der Waals surface area contributed by atoms with Gasteiger partial charge in [-0.3, -0.25) is 0 Å². The van der Waals surface area contributed by atoms with Crippen LogP contribution in [0.2, 0.25) is 0 Å². The van der Waals surface area contributed by atoms with Gasteiger partial charge in [-0.2, -0.15) is 0 Å². The van der Waals surface area contributed by atoms with Crippen molar-refractivity contribution in [3.63, 3.8) is 0 Å². The van der Waals surface area contributed by atoms with Crippen LogP contribution < -0.4 is 10.1 Å². The van der Waals surface area contributed by atoms with Crippen LogP contribution in [0.5, 0.6) is 5.75 Å². The molecule has 0 aromatic heterocycles. The first kappa shape index (κ1) is 16.0. The highest BCUT2D eigenvalue weighted by molar-refractivity contribution is 5.27. The molecule has 0 saturated carbocycles. The monoisotopic (exact) mass is 263 g/mol. The minimum Gasteiger partial charge on any atom is -0.497 e. The van der Waals surface area contributed by atoms with E-state index in [1.165, 1.54) is 24.8 Å². The summed E-state index contributed by atoms with van der Waals surface area (Å²) < 4.78 is 5.20. The van der Waals surface area contributed by atoms with Crippen LogP contribution in [-0.2, 0) is 6.42 Å². The number of methoxy groups -OCH3 is 1. The van der Waals surface area contributed by atoms with Crippen LogP contribution in [0.15, 0.2) is 24.3 Å². The van der Waals surface area contributed by atoms with Gasteiger partial charge in [-0.1, -0.05) is 32.9 Å². The van der Waals surface area contributed by atoms with Gasteiger partial charge in [-0.25, -0.2) is 0 Å². The normalized spacial score (nSPS) is 12.7. The van der Waals surface area contributed by atoms with E-state index in [1.807, 2.05) is 0 Å². The number of rotatable bonds is 9. The van der Waals surface area contributed by atoms with Gasteiger partial charge >= 0.3 is 0 Å². The van der Waals surface area contributed by atoms with Gasteiger partial charge in [0.15, 0.2) is 0 Å². The first-order valence-electron chi connectivity index (χ1n) is 7.52. The minimum atomic E-state index is 0.593. The van der Waals surface area contributed by atoms with Gasteiger partial charge in [0.2, 0.25) is 0 Å². The summed E-state index contributed by atoms with van der Waals surface area (Å²) in [6, 6.07) is 9.04. The van der Waals surface area contributed by atoms with Gasteiger partial charge in [0.25, 0.3) is 0 Å². The molecule has 0 bridgehead atoms. The Kier molecular flexibility index (Phi) is 7.57. The van der Waals surface area contributed by atoms with Gasteiger partial charge in [0.05, 0.1) is 7.11 Å². The Morgan fingerprint density at radius 2 is 1.79 bits per heavy atom. The quantitative estimate of drug-likeness (QED) is 0.726. The summed E-state index contributed by atoms with van der Waals surface area (Å²) >= 11 is 0. The van der Waals surface area contributed by atoms with E-state index in [1.54, 1.807) is 7.11 Å². The van der Waals surface area contributed by atoms with E-state index in [4.69, 9.17) is 4.74 Å². The van der Waals surface area contributed by atoms with E-state index < -0.39 is 0 Å². The molecule has 2 nitrogen and oxygen atoms in total. The van der Waals surface area contributed by atoms with E-state index in [0.29, 0.717) is 6.04 Å². The van der Waals surface area contributed by atoms with Crippen LogP contribution in [0.1, 0.15) is 45.6 Å². The zero-order valence-electron chi connectivity index (χ0n) is 12.9. The summed E-state index contributed by atoms with van der Waals surface area (Å²) in [6.07, 6.45) is 4.85. The van der Waals surface area contributed by atoms with Crippen molar-refractivity contribution in [2.75, 3.05) is 13.7 Å². The summed E-state index contributed by atoms with van der Waals surface area (Å²) in [5.74, 6) is 1.71. The molecule has 0 saturated heterocycles. The van der Waals surface area contributed by atoms with Crippen molar-refractivity contribution in [2.24, 2.45) is 5.92 Å². The lowest BCUT2D eigenvalue weighted by Gasteiger charge is -2.20. The first-order valence-corrected chi connectivity index (χ1v) is 7.52. The Labute approximate surface area is 118 Å². The number of ether oxygens (including phenoxy) is 1. The predicted molar refractivity (Wildman–Crippen MR) is 82.9 cm³/mol. The van der Waals surface area contributed by atoms with Crippen LogP contribution in [-0.4, -0.2) is 19.7 Å². The molecule has 0 radical (unpaired) electrons. The van der Waals surface area contributed by atoms with Gasteiger partial charge < -0.3 is 10.1 Å². The molecule has 1 atom stereocenters. The lowest BCUT2D eigenvalue weighted by molar-refractivity contribution is 0.413. The third-order valence-electron chi connectivity index (χ3n) is 3.42. The van der Waals surface area contributed by atoms with Crippen molar-refractivity contribution in [3.8, 4) is 5.75 Å². The molecule has 1 aromatic carbocycles. The molecule has 0 heterocycles. The minimum absolute atomic E-state index is 0.593. The summed E-state index contributed by atoms with van der Waals surface area (Å²) in [5.41, 5.74) is 1.39. The van der Waals surface area contributed by atoms with E-state index in [2.05, 4.69) is 50.4 Å². The highest BCUT2D eigenvalue weighted by Gasteiger charge is 2.09. The van der Waals surface area contributed by atoms with Crippen LogP contribution in [0.25, 0.3) is 0 Å². The van der Waals surface area contributed by atoms with E-state index in [0.717, 1.165) is 24.6 Å². The molecule has 0 aliphatic carbocycles. The fourth-order valence-corrected chi connectivity index (χ4v) is 2.21. The van der Waals surface area contributed by atoms with Crippen molar-refractivity contribution >= 4 is 0 Å². The van der Waals surface area contributed by atoms with Crippen molar-refractivity contribution in [3.05, 3.63) is 29.8 Å². The maximum Gasteiger partial charge on any atom is 0.118 e. The SMILES string of the molecule is CCCNC(CCC(C)C)Cc1ccc(OC)cc1. The first-order chi connectivity index (χ1) is 9.15. The second-order valence-corrected chi connectivity index (χ2v) is 5.67. The largest absolute Gasteiger partial charge is 0.497 e. The number of benzene rings is 1. The highest BCUT2D eigenvalue weighted by atomic mass is 16.5. The second kappa shape index (κ2) is 8.98. The number of nitrogens with one attached hydrogen (secondary N) is 1. The smallest absolute Gasteiger partial charge is 0.118 e. The molecule has 19 heavy (non-hydrogen) atoms. The lowest BCUT2D eigenvalue weighted by atomic mass is 9.97. The zero-order valence-corrected chi connectivity index (χ0v) is 12.9. The topological polar surface area (TPSA) is 21.3 Å². The van der Waals surface area contributed by atoms with Crippen LogP contribution in [0.4, 0.5) is 0 Å². The fourth-order valence-electron chi connectivity index (χ4n) is 2.21. The highest BCUT2D eigenvalue weighted by Crippen LogP contribution is 2.15. The average molecular weight is 263 g/mol. The molecule has 2 heteroatoms. The van der Waals surface area contributed by atoms with Crippen molar-refractivity contribution < 1.29 is 4.74 Å². The van der Waals surface area contributed by atoms with Crippen LogP contribution in [0, 0.1) is 5.92 Å². The molecule has 1 aromatic rings. The van der Waals surface area contributed by atoms with Crippen LogP contribution >= 0.6 is 0 Å². The third kappa shape index (κ3) is 6.63. The molecular weight excluding hydrogens is 234 g/mol. The molecule has 0 amide bonds.